The molecular formula is C18H32BNO4. The summed E-state index contributed by atoms with van der Waals surface area (Å²) < 4.78 is 17.8. The number of amides is 1. The van der Waals surface area contributed by atoms with Crippen molar-refractivity contribution in [2.75, 3.05) is 13.1 Å². The van der Waals surface area contributed by atoms with Crippen molar-refractivity contribution in [3.8, 4) is 0 Å². The van der Waals surface area contributed by atoms with E-state index in [1.165, 1.54) is 0 Å². The van der Waals surface area contributed by atoms with Gasteiger partial charge in [0.15, 0.2) is 0 Å². The molecule has 0 aliphatic carbocycles. The van der Waals surface area contributed by atoms with Crippen LogP contribution in [0.5, 0.6) is 0 Å². The van der Waals surface area contributed by atoms with Gasteiger partial charge in [0.1, 0.15) is 5.60 Å². The van der Waals surface area contributed by atoms with Gasteiger partial charge >= 0.3 is 13.2 Å². The monoisotopic (exact) mass is 337 g/mol. The van der Waals surface area contributed by atoms with Crippen LogP contribution in [-0.4, -0.2) is 48.0 Å². The normalized spacial score (nSPS) is 26.8. The van der Waals surface area contributed by atoms with Crippen molar-refractivity contribution in [2.45, 2.75) is 78.6 Å². The van der Waals surface area contributed by atoms with Crippen LogP contribution >= 0.6 is 0 Å². The van der Waals surface area contributed by atoms with E-state index < -0.39 is 5.60 Å². The van der Waals surface area contributed by atoms with E-state index >= 15 is 0 Å². The summed E-state index contributed by atoms with van der Waals surface area (Å²) in [4.78, 5) is 14.1. The van der Waals surface area contributed by atoms with Crippen molar-refractivity contribution in [3.05, 3.63) is 11.5 Å². The van der Waals surface area contributed by atoms with Crippen LogP contribution in [0.4, 0.5) is 4.79 Å². The maximum atomic E-state index is 12.4. The van der Waals surface area contributed by atoms with E-state index in [0.717, 1.165) is 11.9 Å². The molecule has 1 atom stereocenters. The summed E-state index contributed by atoms with van der Waals surface area (Å²) in [5.74, 6) is 0.324. The van der Waals surface area contributed by atoms with E-state index in [-0.39, 0.29) is 24.4 Å². The van der Waals surface area contributed by atoms with Crippen LogP contribution in [0.25, 0.3) is 0 Å². The van der Waals surface area contributed by atoms with Crippen LogP contribution in [0.2, 0.25) is 0 Å². The molecule has 2 rings (SSSR count). The van der Waals surface area contributed by atoms with Gasteiger partial charge in [-0.2, -0.15) is 0 Å². The third-order valence-corrected chi connectivity index (χ3v) is 4.90. The highest BCUT2D eigenvalue weighted by Crippen LogP contribution is 2.39. The van der Waals surface area contributed by atoms with E-state index in [1.54, 1.807) is 4.90 Å². The van der Waals surface area contributed by atoms with Crippen molar-refractivity contribution in [1.82, 2.24) is 4.90 Å². The van der Waals surface area contributed by atoms with Gasteiger partial charge in [0, 0.05) is 13.1 Å². The molecule has 2 heterocycles. The van der Waals surface area contributed by atoms with Crippen LogP contribution in [0.3, 0.4) is 0 Å². The quantitative estimate of drug-likeness (QED) is 0.683. The molecule has 0 aromatic heterocycles. The molecule has 0 N–H and O–H groups in total. The Morgan fingerprint density at radius 2 is 1.79 bits per heavy atom. The van der Waals surface area contributed by atoms with Crippen LogP contribution in [-0.2, 0) is 14.0 Å². The zero-order chi connectivity index (χ0) is 18.3. The molecule has 0 spiro atoms. The Labute approximate surface area is 146 Å². The molecule has 2 aliphatic heterocycles. The van der Waals surface area contributed by atoms with Gasteiger partial charge < -0.3 is 18.9 Å². The van der Waals surface area contributed by atoms with Gasteiger partial charge in [-0.15, -0.1) is 0 Å². The average molecular weight is 337 g/mol. The van der Waals surface area contributed by atoms with Gasteiger partial charge in [-0.3, -0.25) is 0 Å². The van der Waals surface area contributed by atoms with Crippen molar-refractivity contribution < 1.29 is 18.8 Å². The Hall–Kier alpha value is -1.01. The summed E-state index contributed by atoms with van der Waals surface area (Å²) >= 11 is 0. The molecule has 0 bridgehead atoms. The molecule has 0 aromatic rings. The molecule has 0 radical (unpaired) electrons. The van der Waals surface area contributed by atoms with Crippen LogP contribution in [0.15, 0.2) is 11.5 Å². The zero-order valence-electron chi connectivity index (χ0n) is 16.4. The topological polar surface area (TPSA) is 48.0 Å². The molecule has 0 saturated carbocycles. The van der Waals surface area contributed by atoms with E-state index in [2.05, 4.69) is 40.7 Å². The maximum Gasteiger partial charge on any atom is 0.490 e. The first-order valence-corrected chi connectivity index (χ1v) is 8.83. The number of hydrogen-bond acceptors (Lipinski definition) is 4. The van der Waals surface area contributed by atoms with E-state index in [1.807, 2.05) is 20.8 Å². The minimum atomic E-state index is -0.481. The molecule has 1 saturated heterocycles. The van der Waals surface area contributed by atoms with E-state index in [9.17, 15) is 4.79 Å². The lowest BCUT2D eigenvalue weighted by Crippen LogP contribution is -2.41. The summed E-state index contributed by atoms with van der Waals surface area (Å²) in [6.07, 6.45) is 2.66. The van der Waals surface area contributed by atoms with Gasteiger partial charge in [-0.05, 0) is 66.3 Å². The second-order valence-corrected chi connectivity index (χ2v) is 9.06. The van der Waals surface area contributed by atoms with Crippen molar-refractivity contribution in [1.29, 1.82) is 0 Å². The molecule has 24 heavy (non-hydrogen) atoms. The molecular weight excluding hydrogens is 305 g/mol. The number of hydrogen-bond donors (Lipinski definition) is 0. The van der Waals surface area contributed by atoms with Gasteiger partial charge in [0.05, 0.1) is 11.2 Å². The first-order valence-electron chi connectivity index (χ1n) is 8.83. The maximum absolute atomic E-state index is 12.4. The smallest absolute Gasteiger partial charge is 0.444 e. The molecule has 2 aliphatic rings. The summed E-state index contributed by atoms with van der Waals surface area (Å²) in [5, 5.41) is 0. The molecule has 5 nitrogen and oxygen atoms in total. The highest BCUT2D eigenvalue weighted by Gasteiger charge is 2.52. The molecule has 1 amide bonds. The van der Waals surface area contributed by atoms with Gasteiger partial charge in [0.25, 0.3) is 0 Å². The number of carbonyl (C=O) groups excluding carboxylic acids is 1. The van der Waals surface area contributed by atoms with Crippen molar-refractivity contribution in [2.24, 2.45) is 5.92 Å². The zero-order valence-corrected chi connectivity index (χ0v) is 16.4. The van der Waals surface area contributed by atoms with Crippen molar-refractivity contribution in [3.63, 3.8) is 0 Å². The number of carbonyl (C=O) groups is 1. The Morgan fingerprint density at radius 1 is 1.25 bits per heavy atom. The number of ether oxygens (including phenoxy) is 1. The Bertz CT molecular complexity index is 506. The molecule has 0 aromatic carbocycles. The summed E-state index contributed by atoms with van der Waals surface area (Å²) in [6.45, 7) is 17.2. The minimum Gasteiger partial charge on any atom is -0.444 e. The fraction of sp³-hybridized carbons (Fsp3) is 0.833. The van der Waals surface area contributed by atoms with E-state index in [4.69, 9.17) is 14.0 Å². The van der Waals surface area contributed by atoms with Gasteiger partial charge in [-0.1, -0.05) is 13.0 Å². The fourth-order valence-electron chi connectivity index (χ4n) is 2.89. The lowest BCUT2D eigenvalue weighted by Gasteiger charge is -2.32. The number of allylic oxidation sites excluding steroid dienone is 1. The molecule has 136 valence electrons. The standard InChI is InChI=1S/C18H32BNO4/c1-13-11-14(19-23-17(5,6)18(7,8)24-19)9-10-20(12-13)15(21)22-16(2,3)4/h9,13H,10-12H2,1-8H3. The summed E-state index contributed by atoms with van der Waals surface area (Å²) in [6, 6.07) is 0. The SMILES string of the molecule is CC1CC(B2OC(C)(C)C(C)(C)O2)=CCN(C(=O)OC(C)(C)C)C1. The van der Waals surface area contributed by atoms with Crippen LogP contribution in [0, 0.1) is 5.92 Å². The Kier molecular flexibility index (Phi) is 5.13. The molecule has 6 heteroatoms. The first kappa shape index (κ1) is 19.3. The van der Waals surface area contributed by atoms with Gasteiger partial charge in [-0.25, -0.2) is 4.79 Å². The third kappa shape index (κ3) is 4.34. The molecule has 1 fully saturated rings. The highest BCUT2D eigenvalue weighted by atomic mass is 16.7. The lowest BCUT2D eigenvalue weighted by molar-refractivity contribution is 0.00578. The fourth-order valence-corrected chi connectivity index (χ4v) is 2.89. The molecule has 1 unspecified atom stereocenters. The first-order chi connectivity index (χ1) is 10.8. The average Bonchev–Trinajstić information content (AvgIpc) is 2.53. The van der Waals surface area contributed by atoms with Crippen LogP contribution < -0.4 is 0 Å². The van der Waals surface area contributed by atoms with Gasteiger partial charge in [0.2, 0.25) is 0 Å². The second kappa shape index (κ2) is 6.38. The predicted octanol–water partition coefficient (Wildman–Crippen LogP) is 3.82. The Morgan fingerprint density at radius 3 is 2.29 bits per heavy atom. The highest BCUT2D eigenvalue weighted by molar-refractivity contribution is 6.54. The number of nitrogens with zero attached hydrogens (tertiary/aromatic N) is 1. The van der Waals surface area contributed by atoms with E-state index in [0.29, 0.717) is 19.0 Å². The predicted molar refractivity (Wildman–Crippen MR) is 95.8 cm³/mol. The Balaban J connectivity index is 2.10. The summed E-state index contributed by atoms with van der Waals surface area (Å²) in [5.41, 5.74) is -0.0601. The second-order valence-electron chi connectivity index (χ2n) is 9.06. The lowest BCUT2D eigenvalue weighted by atomic mass is 9.74. The third-order valence-electron chi connectivity index (χ3n) is 4.90. The minimum absolute atomic E-state index is 0.263. The summed E-state index contributed by atoms with van der Waals surface area (Å²) in [7, 11) is -0.337. The number of rotatable bonds is 1. The van der Waals surface area contributed by atoms with Crippen molar-refractivity contribution >= 4 is 13.2 Å². The van der Waals surface area contributed by atoms with Crippen LogP contribution in [0.1, 0.15) is 61.8 Å². The largest absolute Gasteiger partial charge is 0.490 e.